The van der Waals surface area contributed by atoms with Gasteiger partial charge in [-0.1, -0.05) is 54.6 Å². The molecule has 2 N–H and O–H groups in total. The molecule has 3 aromatic rings. The number of hydrogen-bond donors (Lipinski definition) is 2. The van der Waals surface area contributed by atoms with E-state index < -0.39 is 0 Å². The van der Waals surface area contributed by atoms with Crippen LogP contribution >= 0.6 is 15.9 Å². The zero-order valence-electron chi connectivity index (χ0n) is 23.5. The number of nitrogens with one attached hydrogen (secondary N) is 2. The van der Waals surface area contributed by atoms with E-state index in [1.54, 1.807) is 6.07 Å². The molecule has 2 fully saturated rings. The molecule has 0 radical (unpaired) electrons. The van der Waals surface area contributed by atoms with Crippen molar-refractivity contribution in [3.05, 3.63) is 111 Å². The molecular formula is C34H37BrFN3O2. The molecule has 7 heteroatoms. The monoisotopic (exact) mass is 617 g/mol. The van der Waals surface area contributed by atoms with E-state index in [1.165, 1.54) is 34.4 Å². The normalized spacial score (nSPS) is 21.7. The SMILES string of the molecule is Cc1ccccc1CN(C(=O)C1=CCC2(c3ccc(CCCOc4cc(F)ccc4Br)cc3)CNC[C@H]1N2)C1CC1. The summed E-state index contributed by atoms with van der Waals surface area (Å²) in [5.74, 6) is 0.402. The Hall–Kier alpha value is -3.00. The number of benzene rings is 3. The molecule has 1 amide bonds. The molecule has 5 nitrogen and oxygen atoms in total. The van der Waals surface area contributed by atoms with Crippen LogP contribution < -0.4 is 15.4 Å². The molecule has 1 saturated carbocycles. The maximum Gasteiger partial charge on any atom is 0.251 e. The van der Waals surface area contributed by atoms with Crippen LogP contribution in [0, 0.1) is 12.7 Å². The second-order valence-electron chi connectivity index (χ2n) is 11.6. The number of hydrogen-bond acceptors (Lipinski definition) is 4. The highest BCUT2D eigenvalue weighted by molar-refractivity contribution is 9.10. The van der Waals surface area contributed by atoms with Gasteiger partial charge in [0.1, 0.15) is 11.6 Å². The van der Waals surface area contributed by atoms with Crippen LogP contribution in [0.3, 0.4) is 0 Å². The van der Waals surface area contributed by atoms with Crippen molar-refractivity contribution in [2.24, 2.45) is 0 Å². The summed E-state index contributed by atoms with van der Waals surface area (Å²) in [5, 5.41) is 7.48. The summed E-state index contributed by atoms with van der Waals surface area (Å²) < 4.78 is 20.0. The molecule has 214 valence electrons. The molecule has 2 bridgehead atoms. The van der Waals surface area contributed by atoms with Crippen molar-refractivity contribution >= 4 is 21.8 Å². The first kappa shape index (κ1) is 28.1. The van der Waals surface area contributed by atoms with E-state index in [-0.39, 0.29) is 23.3 Å². The highest BCUT2D eigenvalue weighted by Gasteiger charge is 2.44. The van der Waals surface area contributed by atoms with Gasteiger partial charge in [-0.3, -0.25) is 10.1 Å². The van der Waals surface area contributed by atoms with Crippen LogP contribution in [0.5, 0.6) is 5.75 Å². The van der Waals surface area contributed by atoms with Gasteiger partial charge in [-0.2, -0.15) is 0 Å². The Labute approximate surface area is 250 Å². The predicted molar refractivity (Wildman–Crippen MR) is 163 cm³/mol. The second kappa shape index (κ2) is 12.1. The number of fused-ring (bicyclic) bond motifs is 2. The Bertz CT molecular complexity index is 1440. The van der Waals surface area contributed by atoms with Gasteiger partial charge in [0.25, 0.3) is 5.91 Å². The van der Waals surface area contributed by atoms with Gasteiger partial charge in [-0.05, 0) is 89.3 Å². The van der Waals surface area contributed by atoms with Crippen molar-refractivity contribution < 1.29 is 13.9 Å². The third-order valence-corrected chi connectivity index (χ3v) is 9.29. The molecule has 2 atom stereocenters. The fourth-order valence-corrected chi connectivity index (χ4v) is 6.44. The third kappa shape index (κ3) is 6.27. The van der Waals surface area contributed by atoms with Gasteiger partial charge in [-0.15, -0.1) is 0 Å². The average molecular weight is 619 g/mol. The van der Waals surface area contributed by atoms with Gasteiger partial charge in [0, 0.05) is 37.3 Å². The predicted octanol–water partition coefficient (Wildman–Crippen LogP) is 6.19. The summed E-state index contributed by atoms with van der Waals surface area (Å²) in [6.07, 6.45) is 6.87. The van der Waals surface area contributed by atoms with Gasteiger partial charge >= 0.3 is 0 Å². The molecule has 41 heavy (non-hydrogen) atoms. The fraction of sp³-hybridized carbons (Fsp3) is 0.382. The Morgan fingerprint density at radius 2 is 1.93 bits per heavy atom. The molecule has 2 heterocycles. The van der Waals surface area contributed by atoms with Crippen LogP contribution in [0.4, 0.5) is 4.39 Å². The van der Waals surface area contributed by atoms with Crippen LogP contribution in [-0.2, 0) is 23.3 Å². The Morgan fingerprint density at radius 1 is 1.12 bits per heavy atom. The lowest BCUT2D eigenvalue weighted by Crippen LogP contribution is -2.65. The van der Waals surface area contributed by atoms with Crippen molar-refractivity contribution in [1.29, 1.82) is 0 Å². The Morgan fingerprint density at radius 3 is 2.71 bits per heavy atom. The minimum atomic E-state index is -0.303. The molecule has 1 aliphatic carbocycles. The second-order valence-corrected chi connectivity index (χ2v) is 12.4. The Balaban J connectivity index is 1.10. The summed E-state index contributed by atoms with van der Waals surface area (Å²) in [5.41, 5.74) is 5.61. The van der Waals surface area contributed by atoms with Crippen LogP contribution in [-0.4, -0.2) is 42.6 Å². The van der Waals surface area contributed by atoms with Gasteiger partial charge in [0.05, 0.1) is 22.7 Å². The third-order valence-electron chi connectivity index (χ3n) is 8.64. The largest absolute Gasteiger partial charge is 0.492 e. The van der Waals surface area contributed by atoms with Gasteiger partial charge in [0.2, 0.25) is 0 Å². The molecule has 1 saturated heterocycles. The maximum atomic E-state index is 13.9. The van der Waals surface area contributed by atoms with Crippen LogP contribution in [0.1, 0.15) is 47.9 Å². The van der Waals surface area contributed by atoms with E-state index in [0.717, 1.165) is 55.2 Å². The summed E-state index contributed by atoms with van der Waals surface area (Å²) in [4.78, 5) is 16.0. The van der Waals surface area contributed by atoms with E-state index in [0.29, 0.717) is 24.9 Å². The molecule has 3 aromatic carbocycles. The summed E-state index contributed by atoms with van der Waals surface area (Å²) in [6, 6.07) is 22.0. The quantitative estimate of drug-likeness (QED) is 0.267. The zero-order valence-corrected chi connectivity index (χ0v) is 25.1. The number of nitrogens with zero attached hydrogens (tertiary/aromatic N) is 1. The Kier molecular flexibility index (Phi) is 8.29. The molecule has 0 aromatic heterocycles. The summed E-state index contributed by atoms with van der Waals surface area (Å²) in [7, 11) is 0. The van der Waals surface area contributed by atoms with E-state index in [9.17, 15) is 9.18 Å². The first-order valence-electron chi connectivity index (χ1n) is 14.6. The van der Waals surface area contributed by atoms with Gasteiger partial charge in [-0.25, -0.2) is 4.39 Å². The van der Waals surface area contributed by atoms with Crippen molar-refractivity contribution in [2.45, 2.75) is 63.2 Å². The van der Waals surface area contributed by atoms with E-state index in [1.807, 2.05) is 0 Å². The van der Waals surface area contributed by atoms with E-state index >= 15 is 0 Å². The van der Waals surface area contributed by atoms with Crippen LogP contribution in [0.15, 0.2) is 82.9 Å². The van der Waals surface area contributed by atoms with Gasteiger partial charge < -0.3 is 15.0 Å². The molecule has 3 aliphatic rings. The highest BCUT2D eigenvalue weighted by atomic mass is 79.9. The molecule has 6 rings (SSSR count). The van der Waals surface area contributed by atoms with Crippen LogP contribution in [0.25, 0.3) is 0 Å². The van der Waals surface area contributed by atoms with Crippen molar-refractivity contribution in [3.8, 4) is 5.75 Å². The van der Waals surface area contributed by atoms with Gasteiger partial charge in [0.15, 0.2) is 0 Å². The minimum Gasteiger partial charge on any atom is -0.492 e. The highest BCUT2D eigenvalue weighted by Crippen LogP contribution is 2.36. The smallest absolute Gasteiger partial charge is 0.251 e. The standard InChI is InChI=1S/C34H37BrFN3O2/c1-23-5-2-3-7-25(23)21-39(28-13-14-28)33(40)29-16-17-34(22-37-20-31(29)38-34)26-10-8-24(9-11-26)6-4-18-41-32-19-27(36)12-15-30(32)35/h2-3,5,7-12,15-16,19,28,31,37-38H,4,6,13-14,17-18,20-22H2,1H3/t31-,34?/m1/s1. The topological polar surface area (TPSA) is 53.6 Å². The lowest BCUT2D eigenvalue weighted by Gasteiger charge is -2.47. The van der Waals surface area contributed by atoms with Crippen LogP contribution in [0.2, 0.25) is 0 Å². The molecule has 0 spiro atoms. The summed E-state index contributed by atoms with van der Waals surface area (Å²) in [6.45, 7) is 4.89. The molecular weight excluding hydrogens is 581 g/mol. The van der Waals surface area contributed by atoms with E-state index in [4.69, 9.17) is 4.74 Å². The first-order valence-corrected chi connectivity index (χ1v) is 15.4. The lowest BCUT2D eigenvalue weighted by molar-refractivity contribution is -0.129. The first-order chi connectivity index (χ1) is 19.9. The number of carbonyl (C=O) groups excluding carboxylic acids is 1. The number of halogens is 2. The number of rotatable bonds is 10. The minimum absolute atomic E-state index is 0.0120. The molecule has 1 unspecified atom stereocenters. The van der Waals surface area contributed by atoms with Crippen molar-refractivity contribution in [2.75, 3.05) is 19.7 Å². The maximum absolute atomic E-state index is 13.9. The molecule has 2 aliphatic heterocycles. The number of carbonyl (C=O) groups is 1. The van der Waals surface area contributed by atoms with Crippen molar-refractivity contribution in [1.82, 2.24) is 15.5 Å². The average Bonchev–Trinajstić information content (AvgIpc) is 3.82. The summed E-state index contributed by atoms with van der Waals surface area (Å²) >= 11 is 3.41. The number of piperazine rings is 1. The lowest BCUT2D eigenvalue weighted by atomic mass is 9.78. The van der Waals surface area contributed by atoms with E-state index in [2.05, 4.69) is 93.0 Å². The number of aryl methyl sites for hydroxylation is 2. The fourth-order valence-electron chi connectivity index (χ4n) is 6.08. The number of ether oxygens (including phenoxy) is 1. The number of amides is 1. The van der Waals surface area contributed by atoms with Crippen molar-refractivity contribution in [3.63, 3.8) is 0 Å². The zero-order chi connectivity index (χ0) is 28.4.